The van der Waals surface area contributed by atoms with Crippen LogP contribution in [0.2, 0.25) is 0 Å². The lowest BCUT2D eigenvalue weighted by Crippen LogP contribution is -2.45. The third-order valence-corrected chi connectivity index (χ3v) is 4.38. The predicted octanol–water partition coefficient (Wildman–Crippen LogP) is 3.55. The van der Waals surface area contributed by atoms with Crippen molar-refractivity contribution in [3.05, 3.63) is 69.8 Å². The fourth-order valence-corrected chi connectivity index (χ4v) is 2.69. The van der Waals surface area contributed by atoms with Gasteiger partial charge >= 0.3 is 12.1 Å². The first-order valence-electron chi connectivity index (χ1n) is 9.58. The number of amides is 2. The number of halogens is 3. The Bertz CT molecular complexity index is 1040. The Morgan fingerprint density at radius 3 is 2.27 bits per heavy atom. The lowest BCUT2D eigenvalue weighted by molar-refractivity contribution is -0.384. The minimum absolute atomic E-state index is 0.287. The molecule has 0 radical (unpaired) electrons. The number of nitrogens with zero attached hydrogens (tertiary/aromatic N) is 1. The van der Waals surface area contributed by atoms with Crippen LogP contribution in [0.15, 0.2) is 48.5 Å². The molecule has 0 saturated heterocycles. The molecule has 0 saturated carbocycles. The SMILES string of the molecule is CC(C)C(NC(=O)c1ccccc1)C(=O)OCC(=O)Nc1ccc(C(F)(F)F)cc1[N+](=O)[O-]. The van der Waals surface area contributed by atoms with Gasteiger partial charge in [0.2, 0.25) is 0 Å². The first-order valence-corrected chi connectivity index (χ1v) is 9.58. The number of hydrogen-bond donors (Lipinski definition) is 2. The van der Waals surface area contributed by atoms with Gasteiger partial charge in [0.25, 0.3) is 17.5 Å². The molecule has 1 atom stereocenters. The maximum atomic E-state index is 12.8. The van der Waals surface area contributed by atoms with Gasteiger partial charge in [-0.15, -0.1) is 0 Å². The van der Waals surface area contributed by atoms with E-state index < -0.39 is 64.4 Å². The molecule has 9 nitrogen and oxygen atoms in total. The Balaban J connectivity index is 2.03. The number of anilines is 1. The standard InChI is InChI=1S/C21H20F3N3O6/c1-12(2)18(26-19(29)13-6-4-3-5-7-13)20(30)33-11-17(28)25-15-9-8-14(21(22,23)24)10-16(15)27(31)32/h3-10,12,18H,11H2,1-2H3,(H,25,28)(H,26,29). The van der Waals surface area contributed by atoms with E-state index in [1.54, 1.807) is 44.2 Å². The molecule has 2 N–H and O–H groups in total. The van der Waals surface area contributed by atoms with Gasteiger partial charge in [0, 0.05) is 11.6 Å². The molecular formula is C21H20F3N3O6. The molecule has 2 rings (SSSR count). The molecule has 2 aromatic carbocycles. The second kappa shape index (κ2) is 10.6. The number of esters is 1. The van der Waals surface area contributed by atoms with E-state index >= 15 is 0 Å². The molecular weight excluding hydrogens is 447 g/mol. The van der Waals surface area contributed by atoms with Crippen molar-refractivity contribution in [2.45, 2.75) is 26.1 Å². The van der Waals surface area contributed by atoms with Crippen LogP contribution in [0.1, 0.15) is 29.8 Å². The molecule has 33 heavy (non-hydrogen) atoms. The molecule has 0 aliphatic heterocycles. The Labute approximate surface area is 186 Å². The van der Waals surface area contributed by atoms with Crippen LogP contribution in [-0.2, 0) is 20.5 Å². The fraction of sp³-hybridized carbons (Fsp3) is 0.286. The number of carbonyl (C=O) groups is 3. The van der Waals surface area contributed by atoms with Crippen LogP contribution in [0.25, 0.3) is 0 Å². The van der Waals surface area contributed by atoms with E-state index in [9.17, 15) is 37.7 Å². The number of nitro benzene ring substituents is 1. The Morgan fingerprint density at radius 2 is 1.73 bits per heavy atom. The van der Waals surface area contributed by atoms with Crippen molar-refractivity contribution in [1.82, 2.24) is 5.32 Å². The molecule has 2 amide bonds. The summed E-state index contributed by atoms with van der Waals surface area (Å²) in [7, 11) is 0. The van der Waals surface area contributed by atoms with Gasteiger partial charge in [-0.25, -0.2) is 4.79 Å². The molecule has 0 fully saturated rings. The summed E-state index contributed by atoms with van der Waals surface area (Å²) < 4.78 is 43.2. The Morgan fingerprint density at radius 1 is 1.09 bits per heavy atom. The van der Waals surface area contributed by atoms with Crippen molar-refractivity contribution < 1.29 is 37.2 Å². The summed E-state index contributed by atoms with van der Waals surface area (Å²) in [5, 5.41) is 15.7. The van der Waals surface area contributed by atoms with Gasteiger partial charge in [-0.05, 0) is 30.2 Å². The van der Waals surface area contributed by atoms with Gasteiger partial charge < -0.3 is 15.4 Å². The average Bonchev–Trinajstić information content (AvgIpc) is 2.75. The number of carbonyl (C=O) groups excluding carboxylic acids is 3. The van der Waals surface area contributed by atoms with Crippen LogP contribution < -0.4 is 10.6 Å². The first kappa shape index (κ1) is 25.3. The van der Waals surface area contributed by atoms with Crippen LogP contribution >= 0.6 is 0 Å². The zero-order valence-corrected chi connectivity index (χ0v) is 17.5. The van der Waals surface area contributed by atoms with Crippen molar-refractivity contribution in [3.8, 4) is 0 Å². The van der Waals surface area contributed by atoms with E-state index in [2.05, 4.69) is 5.32 Å². The van der Waals surface area contributed by atoms with Gasteiger partial charge in [0.1, 0.15) is 11.7 Å². The number of benzene rings is 2. The molecule has 0 aliphatic carbocycles. The van der Waals surface area contributed by atoms with E-state index in [0.717, 1.165) is 6.07 Å². The largest absolute Gasteiger partial charge is 0.454 e. The highest BCUT2D eigenvalue weighted by Crippen LogP contribution is 2.34. The van der Waals surface area contributed by atoms with E-state index in [-0.39, 0.29) is 6.07 Å². The summed E-state index contributed by atoms with van der Waals surface area (Å²) in [4.78, 5) is 46.8. The zero-order chi connectivity index (χ0) is 24.8. The zero-order valence-electron chi connectivity index (χ0n) is 17.5. The van der Waals surface area contributed by atoms with Crippen LogP contribution in [0.5, 0.6) is 0 Å². The maximum absolute atomic E-state index is 12.8. The molecule has 2 aromatic rings. The van der Waals surface area contributed by atoms with Crippen molar-refractivity contribution in [2.75, 3.05) is 11.9 Å². The third-order valence-electron chi connectivity index (χ3n) is 4.38. The lowest BCUT2D eigenvalue weighted by Gasteiger charge is -2.20. The highest BCUT2D eigenvalue weighted by Gasteiger charge is 2.33. The molecule has 0 heterocycles. The van der Waals surface area contributed by atoms with Crippen molar-refractivity contribution in [3.63, 3.8) is 0 Å². The summed E-state index contributed by atoms with van der Waals surface area (Å²) >= 11 is 0. The monoisotopic (exact) mass is 467 g/mol. The number of ether oxygens (including phenoxy) is 1. The molecule has 12 heteroatoms. The third kappa shape index (κ3) is 7.02. The van der Waals surface area contributed by atoms with Gasteiger partial charge in [-0.2, -0.15) is 13.2 Å². The van der Waals surface area contributed by atoms with Gasteiger partial charge in [0.05, 0.1) is 10.5 Å². The summed E-state index contributed by atoms with van der Waals surface area (Å²) in [5.41, 5.74) is -2.41. The maximum Gasteiger partial charge on any atom is 0.416 e. The predicted molar refractivity (Wildman–Crippen MR) is 110 cm³/mol. The van der Waals surface area contributed by atoms with Crippen LogP contribution in [0.4, 0.5) is 24.5 Å². The highest BCUT2D eigenvalue weighted by molar-refractivity contribution is 5.98. The van der Waals surface area contributed by atoms with Gasteiger partial charge in [-0.1, -0.05) is 32.0 Å². The van der Waals surface area contributed by atoms with Crippen molar-refractivity contribution in [1.29, 1.82) is 0 Å². The van der Waals surface area contributed by atoms with Crippen LogP contribution in [0, 0.1) is 16.0 Å². The first-order chi connectivity index (χ1) is 15.4. The minimum atomic E-state index is -4.81. The number of nitro groups is 1. The number of hydrogen-bond acceptors (Lipinski definition) is 6. The molecule has 0 spiro atoms. The van der Waals surface area contributed by atoms with E-state index in [4.69, 9.17) is 4.74 Å². The van der Waals surface area contributed by atoms with Crippen molar-refractivity contribution >= 4 is 29.2 Å². The van der Waals surface area contributed by atoms with Crippen LogP contribution in [-0.4, -0.2) is 35.4 Å². The summed E-state index contributed by atoms with van der Waals surface area (Å²) in [6.45, 7) is 2.41. The normalized spacial score (nSPS) is 12.1. The Hall–Kier alpha value is -3.96. The van der Waals surface area contributed by atoms with Gasteiger partial charge in [-0.3, -0.25) is 19.7 Å². The Kier molecular flexibility index (Phi) is 8.10. The van der Waals surface area contributed by atoms with E-state index in [1.807, 2.05) is 5.32 Å². The molecule has 0 aromatic heterocycles. The minimum Gasteiger partial charge on any atom is -0.454 e. The summed E-state index contributed by atoms with van der Waals surface area (Å²) in [6.07, 6.45) is -4.81. The van der Waals surface area contributed by atoms with Crippen LogP contribution in [0.3, 0.4) is 0 Å². The molecule has 176 valence electrons. The lowest BCUT2D eigenvalue weighted by atomic mass is 10.0. The van der Waals surface area contributed by atoms with Gasteiger partial charge in [0.15, 0.2) is 6.61 Å². The second-order valence-corrected chi connectivity index (χ2v) is 7.20. The van der Waals surface area contributed by atoms with Crippen molar-refractivity contribution in [2.24, 2.45) is 5.92 Å². The van der Waals surface area contributed by atoms with E-state index in [1.165, 1.54) is 0 Å². The fourth-order valence-electron chi connectivity index (χ4n) is 2.69. The quantitative estimate of drug-likeness (QED) is 0.347. The molecule has 0 bridgehead atoms. The average molecular weight is 467 g/mol. The highest BCUT2D eigenvalue weighted by atomic mass is 19.4. The number of nitrogens with one attached hydrogen (secondary N) is 2. The second-order valence-electron chi connectivity index (χ2n) is 7.20. The summed E-state index contributed by atoms with van der Waals surface area (Å²) in [6, 6.07) is 8.58. The van der Waals surface area contributed by atoms with E-state index in [0.29, 0.717) is 11.6 Å². The molecule has 1 unspecified atom stereocenters. The topological polar surface area (TPSA) is 128 Å². The smallest absolute Gasteiger partial charge is 0.416 e. The molecule has 0 aliphatic rings. The summed E-state index contributed by atoms with van der Waals surface area (Å²) in [5.74, 6) is -2.87. The number of alkyl halides is 3. The number of rotatable bonds is 8.